The third kappa shape index (κ3) is 2.23. The van der Waals surface area contributed by atoms with Gasteiger partial charge in [0.15, 0.2) is 0 Å². The van der Waals surface area contributed by atoms with Gasteiger partial charge in [0, 0.05) is 18.2 Å². The quantitative estimate of drug-likeness (QED) is 0.431. The standard InChI is InChI=1S/C6H4NO5S/c8-7(9)5-2-1-3-6(4-5)13(10,11)12/h1-2,4H,(H,10,11,12). The van der Waals surface area contributed by atoms with E-state index < -0.39 is 25.6 Å². The SMILES string of the molecule is O=[N+]([O-])c1cc[c]c(S(=O)(=O)O)c1. The van der Waals surface area contributed by atoms with Gasteiger partial charge in [0.2, 0.25) is 0 Å². The van der Waals surface area contributed by atoms with Gasteiger partial charge in [-0.3, -0.25) is 14.7 Å². The fraction of sp³-hybridized carbons (Fsp3) is 0. The van der Waals surface area contributed by atoms with Gasteiger partial charge in [-0.2, -0.15) is 8.42 Å². The first-order valence-corrected chi connectivity index (χ1v) is 4.49. The Kier molecular flexibility index (Phi) is 2.30. The Morgan fingerprint density at radius 3 is 2.62 bits per heavy atom. The monoisotopic (exact) mass is 202 g/mol. The number of non-ortho nitro benzene ring substituents is 1. The molecule has 0 aliphatic heterocycles. The molecule has 0 unspecified atom stereocenters. The van der Waals surface area contributed by atoms with Gasteiger partial charge in [-0.1, -0.05) is 0 Å². The number of hydrogen-bond donors (Lipinski definition) is 1. The molecule has 0 saturated heterocycles. The van der Waals surface area contributed by atoms with E-state index in [1.165, 1.54) is 0 Å². The van der Waals surface area contributed by atoms with Crippen LogP contribution in [0.25, 0.3) is 0 Å². The predicted molar refractivity (Wildman–Crippen MR) is 41.7 cm³/mol. The van der Waals surface area contributed by atoms with E-state index in [4.69, 9.17) is 4.55 Å². The highest BCUT2D eigenvalue weighted by molar-refractivity contribution is 7.85. The second kappa shape index (κ2) is 3.11. The summed E-state index contributed by atoms with van der Waals surface area (Å²) < 4.78 is 29.5. The molecule has 7 heteroatoms. The molecule has 0 fully saturated rings. The summed E-state index contributed by atoms with van der Waals surface area (Å²) in [5, 5.41) is 10.2. The molecule has 0 saturated carbocycles. The van der Waals surface area contributed by atoms with Crippen molar-refractivity contribution in [3.63, 3.8) is 0 Å². The summed E-state index contributed by atoms with van der Waals surface area (Å²) in [6.07, 6.45) is 0. The largest absolute Gasteiger partial charge is 0.295 e. The first kappa shape index (κ1) is 9.62. The van der Waals surface area contributed by atoms with Crippen LogP contribution in [0.4, 0.5) is 5.69 Å². The lowest BCUT2D eigenvalue weighted by molar-refractivity contribution is -0.385. The van der Waals surface area contributed by atoms with Crippen molar-refractivity contribution in [3.8, 4) is 0 Å². The minimum atomic E-state index is -4.42. The van der Waals surface area contributed by atoms with Crippen LogP contribution in [0.5, 0.6) is 0 Å². The van der Waals surface area contributed by atoms with Gasteiger partial charge in [0.05, 0.1) is 4.92 Å². The summed E-state index contributed by atoms with van der Waals surface area (Å²) in [4.78, 5) is 8.82. The zero-order chi connectivity index (χ0) is 10.1. The highest BCUT2D eigenvalue weighted by atomic mass is 32.2. The van der Waals surface area contributed by atoms with E-state index in [1.807, 2.05) is 0 Å². The van der Waals surface area contributed by atoms with Crippen LogP contribution in [-0.4, -0.2) is 17.9 Å². The van der Waals surface area contributed by atoms with Crippen LogP contribution in [0.3, 0.4) is 0 Å². The van der Waals surface area contributed by atoms with E-state index in [-0.39, 0.29) is 0 Å². The van der Waals surface area contributed by atoms with Gasteiger partial charge in [0.25, 0.3) is 15.8 Å². The number of benzene rings is 1. The second-order valence-corrected chi connectivity index (χ2v) is 3.53. The van der Waals surface area contributed by atoms with Gasteiger partial charge in [-0.15, -0.1) is 0 Å². The zero-order valence-electron chi connectivity index (χ0n) is 6.17. The van der Waals surface area contributed by atoms with Gasteiger partial charge < -0.3 is 0 Å². The molecule has 69 valence electrons. The lowest BCUT2D eigenvalue weighted by atomic mass is 10.3. The van der Waals surface area contributed by atoms with E-state index in [9.17, 15) is 18.5 Å². The second-order valence-electron chi connectivity index (χ2n) is 2.14. The van der Waals surface area contributed by atoms with Crippen molar-refractivity contribution in [3.05, 3.63) is 34.4 Å². The maximum Gasteiger partial charge on any atom is 0.295 e. The molecule has 0 atom stereocenters. The van der Waals surface area contributed by atoms with E-state index >= 15 is 0 Å². The van der Waals surface area contributed by atoms with Crippen molar-refractivity contribution in [2.45, 2.75) is 4.90 Å². The molecule has 0 aliphatic rings. The number of nitro groups is 1. The van der Waals surface area contributed by atoms with Crippen LogP contribution in [0.2, 0.25) is 0 Å². The average molecular weight is 202 g/mol. The summed E-state index contributed by atoms with van der Waals surface area (Å²) in [5.41, 5.74) is -0.411. The Labute approximate surface area is 73.7 Å². The van der Waals surface area contributed by atoms with Crippen LogP contribution in [0.15, 0.2) is 23.1 Å². The van der Waals surface area contributed by atoms with Gasteiger partial charge in [-0.25, -0.2) is 0 Å². The van der Waals surface area contributed by atoms with E-state index in [2.05, 4.69) is 6.07 Å². The molecule has 0 aliphatic carbocycles. The van der Waals surface area contributed by atoms with Crippen LogP contribution >= 0.6 is 0 Å². The molecule has 1 radical (unpaired) electrons. The normalized spacial score (nSPS) is 11.2. The molecule has 1 N–H and O–H groups in total. The zero-order valence-corrected chi connectivity index (χ0v) is 6.98. The Morgan fingerprint density at radius 1 is 1.54 bits per heavy atom. The summed E-state index contributed by atoms with van der Waals surface area (Å²) >= 11 is 0. The first-order valence-electron chi connectivity index (χ1n) is 3.05. The fourth-order valence-corrected chi connectivity index (χ4v) is 1.18. The van der Waals surface area contributed by atoms with Gasteiger partial charge in [0.1, 0.15) is 4.90 Å². The number of hydrogen-bond acceptors (Lipinski definition) is 4. The molecule has 0 spiro atoms. The third-order valence-corrected chi connectivity index (χ3v) is 2.04. The van der Waals surface area contributed by atoms with Crippen LogP contribution in [-0.2, 0) is 10.1 Å². The molecule has 0 bridgehead atoms. The molecule has 1 aromatic carbocycles. The Bertz CT molecular complexity index is 438. The van der Waals surface area contributed by atoms with E-state index in [1.54, 1.807) is 0 Å². The predicted octanol–water partition coefficient (Wildman–Crippen LogP) is 0.642. The number of rotatable bonds is 2. The number of nitro benzene ring substituents is 1. The lowest BCUT2D eigenvalue weighted by Gasteiger charge is -1.94. The van der Waals surface area contributed by atoms with Crippen LogP contribution in [0, 0.1) is 16.2 Å². The van der Waals surface area contributed by atoms with Crippen molar-refractivity contribution in [1.29, 1.82) is 0 Å². The molecule has 0 amide bonds. The molecule has 1 aromatic rings. The smallest absolute Gasteiger partial charge is 0.282 e. The van der Waals surface area contributed by atoms with Crippen LogP contribution < -0.4 is 0 Å². The molecule has 0 aromatic heterocycles. The highest BCUT2D eigenvalue weighted by Gasteiger charge is 2.14. The Morgan fingerprint density at radius 2 is 2.15 bits per heavy atom. The molecule has 0 heterocycles. The topological polar surface area (TPSA) is 97.5 Å². The molecule has 13 heavy (non-hydrogen) atoms. The summed E-state index contributed by atoms with van der Waals surface area (Å²) in [6.45, 7) is 0. The van der Waals surface area contributed by atoms with Crippen molar-refractivity contribution in [1.82, 2.24) is 0 Å². The summed E-state index contributed by atoms with van der Waals surface area (Å²) in [5.74, 6) is 0. The number of nitrogens with zero attached hydrogens (tertiary/aromatic N) is 1. The first-order chi connectivity index (χ1) is 5.91. The van der Waals surface area contributed by atoms with Crippen molar-refractivity contribution in [2.75, 3.05) is 0 Å². The summed E-state index contributed by atoms with van der Waals surface area (Å²) in [7, 11) is -4.42. The van der Waals surface area contributed by atoms with E-state index in [0.29, 0.717) is 0 Å². The minimum Gasteiger partial charge on any atom is -0.282 e. The molecule has 1 rings (SSSR count). The third-order valence-electron chi connectivity index (χ3n) is 1.25. The van der Waals surface area contributed by atoms with Crippen molar-refractivity contribution < 1.29 is 17.9 Å². The molecule has 6 nitrogen and oxygen atoms in total. The maximum absolute atomic E-state index is 10.5. The molecular formula is C6H4NO5S. The van der Waals surface area contributed by atoms with Gasteiger partial charge in [-0.05, 0) is 6.07 Å². The lowest BCUT2D eigenvalue weighted by Crippen LogP contribution is -1.99. The summed E-state index contributed by atoms with van der Waals surface area (Å²) in [6, 6.07) is 5.03. The van der Waals surface area contributed by atoms with E-state index in [0.717, 1.165) is 18.2 Å². The minimum absolute atomic E-state index is 0.411. The average Bonchev–Trinajstić information content (AvgIpc) is 2.03. The van der Waals surface area contributed by atoms with Crippen molar-refractivity contribution >= 4 is 15.8 Å². The van der Waals surface area contributed by atoms with Crippen LogP contribution in [0.1, 0.15) is 0 Å². The van der Waals surface area contributed by atoms with Crippen molar-refractivity contribution in [2.24, 2.45) is 0 Å². The maximum atomic E-state index is 10.5. The Hall–Kier alpha value is -1.47. The fourth-order valence-electron chi connectivity index (χ4n) is 0.696. The highest BCUT2D eigenvalue weighted by Crippen LogP contribution is 2.15. The van der Waals surface area contributed by atoms with Gasteiger partial charge >= 0.3 is 0 Å². The Balaban J connectivity index is 3.29. The molecular weight excluding hydrogens is 198 g/mol.